The van der Waals surface area contributed by atoms with Crippen LogP contribution < -0.4 is 0 Å². The van der Waals surface area contributed by atoms with Gasteiger partial charge in [-0.2, -0.15) is 0 Å². The summed E-state index contributed by atoms with van der Waals surface area (Å²) in [6.07, 6.45) is 1.16. The first-order valence-electron chi connectivity index (χ1n) is 5.55. The van der Waals surface area contributed by atoms with Crippen molar-refractivity contribution in [3.8, 4) is 0 Å². The first kappa shape index (κ1) is 16.1. The molecule has 3 nitrogen and oxygen atoms in total. The predicted octanol–water partition coefficient (Wildman–Crippen LogP) is 2.08. The molecule has 0 aliphatic rings. The van der Waals surface area contributed by atoms with Crippen molar-refractivity contribution in [1.82, 2.24) is 0 Å². The minimum absolute atomic E-state index is 0.125. The van der Waals surface area contributed by atoms with Crippen LogP contribution in [-0.2, 0) is 14.2 Å². The first-order valence-corrected chi connectivity index (χ1v) is 11.3. The maximum atomic E-state index is 11.5. The van der Waals surface area contributed by atoms with E-state index in [0.717, 1.165) is 4.62 Å². The average molecular weight is 345 g/mol. The fourth-order valence-electron chi connectivity index (χ4n) is 1.04. The number of hydrogen-bond donors (Lipinski definition) is 0. The Labute approximate surface area is 105 Å². The number of hydrogen-bond acceptors (Lipinski definition) is 3. The van der Waals surface area contributed by atoms with Crippen molar-refractivity contribution < 1.29 is 23.0 Å². The molecular formula is C10H20F2O3Sn. The van der Waals surface area contributed by atoms with E-state index in [4.69, 9.17) is 9.47 Å². The van der Waals surface area contributed by atoms with Gasteiger partial charge >= 0.3 is 105 Å². The predicted molar refractivity (Wildman–Crippen MR) is 61.3 cm³/mol. The normalized spacial score (nSPS) is 10.9. The molecule has 0 aromatic carbocycles. The van der Waals surface area contributed by atoms with E-state index in [0.29, 0.717) is 6.26 Å². The van der Waals surface area contributed by atoms with Gasteiger partial charge < -0.3 is 0 Å². The van der Waals surface area contributed by atoms with Crippen molar-refractivity contribution in [2.75, 3.05) is 24.6 Å². The van der Waals surface area contributed by atoms with Crippen LogP contribution in [0.5, 0.6) is 0 Å². The van der Waals surface area contributed by atoms with Crippen LogP contribution in [-0.4, -0.2) is 45.8 Å². The fraction of sp³-hybridized carbons (Fsp3) is 0.800. The summed E-state index contributed by atoms with van der Waals surface area (Å²) < 4.78 is 40.0. The zero-order valence-electron chi connectivity index (χ0n) is 9.71. The zero-order chi connectivity index (χ0) is 12.1. The van der Waals surface area contributed by atoms with E-state index >= 15 is 0 Å². The molecule has 0 aliphatic heterocycles. The number of unbranched alkanes of at least 4 members (excludes halogenated alkanes) is 1. The molecule has 0 heterocycles. The molecule has 0 aromatic heterocycles. The Bertz CT molecular complexity index is 175. The van der Waals surface area contributed by atoms with Crippen LogP contribution in [0.2, 0.25) is 4.44 Å². The summed E-state index contributed by atoms with van der Waals surface area (Å²) in [5.41, 5.74) is 0. The molecule has 6 heteroatoms. The van der Waals surface area contributed by atoms with E-state index in [2.05, 4.69) is 11.7 Å². The molecule has 16 heavy (non-hydrogen) atoms. The number of rotatable bonds is 11. The summed E-state index contributed by atoms with van der Waals surface area (Å²) in [5, 5.41) is 0. The molecule has 0 aromatic rings. The molecule has 0 saturated carbocycles. The Balaban J connectivity index is 2.96. The molecule has 0 unspecified atom stereocenters. The average Bonchev–Trinajstić information content (AvgIpc) is 2.25. The van der Waals surface area contributed by atoms with Gasteiger partial charge in [0.05, 0.1) is 0 Å². The molecule has 0 spiro atoms. The summed E-state index contributed by atoms with van der Waals surface area (Å²) in [7, 11) is 0. The Morgan fingerprint density at radius 3 is 2.75 bits per heavy atom. The van der Waals surface area contributed by atoms with E-state index < -0.39 is 27.2 Å². The molecule has 0 N–H and O–H groups in total. The SMILES string of the molecule is CCC[CH2][SnH2][CH2]OCOCCOC=C(F)F. The van der Waals surface area contributed by atoms with E-state index in [1.807, 2.05) is 0 Å². The minimum atomic E-state index is -1.83. The van der Waals surface area contributed by atoms with Gasteiger partial charge in [-0.3, -0.25) is 0 Å². The summed E-state index contributed by atoms with van der Waals surface area (Å²) >= 11 is -0.674. The molecular weight excluding hydrogens is 325 g/mol. The molecule has 96 valence electrons. The Morgan fingerprint density at radius 2 is 2.06 bits per heavy atom. The van der Waals surface area contributed by atoms with Crippen LogP contribution in [0.4, 0.5) is 8.78 Å². The molecule has 0 saturated heterocycles. The van der Waals surface area contributed by atoms with E-state index in [9.17, 15) is 8.78 Å². The van der Waals surface area contributed by atoms with Crippen LogP contribution in [0.1, 0.15) is 19.8 Å². The fourth-order valence-corrected chi connectivity index (χ4v) is 4.97. The van der Waals surface area contributed by atoms with Crippen molar-refractivity contribution in [2.24, 2.45) is 0 Å². The molecule has 0 radical (unpaired) electrons. The molecule has 0 fully saturated rings. The van der Waals surface area contributed by atoms with Crippen LogP contribution in [0, 0.1) is 0 Å². The number of halogens is 2. The van der Waals surface area contributed by atoms with Gasteiger partial charge in [-0.25, -0.2) is 0 Å². The van der Waals surface area contributed by atoms with Crippen LogP contribution in [0.3, 0.4) is 0 Å². The molecule has 0 rings (SSSR count). The Morgan fingerprint density at radius 1 is 1.25 bits per heavy atom. The van der Waals surface area contributed by atoms with Crippen molar-refractivity contribution in [3.63, 3.8) is 0 Å². The van der Waals surface area contributed by atoms with E-state index in [1.165, 1.54) is 17.3 Å². The van der Waals surface area contributed by atoms with Gasteiger partial charge in [-0.15, -0.1) is 0 Å². The van der Waals surface area contributed by atoms with Gasteiger partial charge in [-0.05, 0) is 0 Å². The molecule has 0 aliphatic carbocycles. The quantitative estimate of drug-likeness (QED) is 0.248. The molecule has 0 atom stereocenters. The zero-order valence-corrected chi connectivity index (χ0v) is 13.8. The molecule has 0 bridgehead atoms. The Kier molecular flexibility index (Phi) is 13.3. The Hall–Kier alpha value is 0.119. The third-order valence-corrected chi connectivity index (χ3v) is 6.33. The summed E-state index contributed by atoms with van der Waals surface area (Å²) in [5.74, 6) is 0. The summed E-state index contributed by atoms with van der Waals surface area (Å²) in [6.45, 7) is 2.83. The number of ether oxygens (including phenoxy) is 3. The van der Waals surface area contributed by atoms with Gasteiger partial charge in [0.15, 0.2) is 0 Å². The van der Waals surface area contributed by atoms with Gasteiger partial charge in [0.25, 0.3) is 0 Å². The van der Waals surface area contributed by atoms with Crippen LogP contribution >= 0.6 is 0 Å². The summed E-state index contributed by atoms with van der Waals surface area (Å²) in [6, 6.07) is 0. The third-order valence-electron chi connectivity index (χ3n) is 1.83. The van der Waals surface area contributed by atoms with Crippen LogP contribution in [0.25, 0.3) is 0 Å². The molecule has 0 amide bonds. The topological polar surface area (TPSA) is 27.7 Å². The van der Waals surface area contributed by atoms with Crippen molar-refractivity contribution >= 4 is 21.1 Å². The first-order chi connectivity index (χ1) is 7.77. The van der Waals surface area contributed by atoms with Crippen molar-refractivity contribution in [1.29, 1.82) is 0 Å². The van der Waals surface area contributed by atoms with Crippen molar-refractivity contribution in [3.05, 3.63) is 12.3 Å². The second-order valence-corrected chi connectivity index (χ2v) is 8.47. The maximum absolute atomic E-state index is 11.5. The summed E-state index contributed by atoms with van der Waals surface area (Å²) in [4.78, 5) is 0. The second-order valence-electron chi connectivity index (χ2n) is 3.27. The van der Waals surface area contributed by atoms with Crippen LogP contribution in [0.15, 0.2) is 12.3 Å². The van der Waals surface area contributed by atoms with Crippen molar-refractivity contribution in [2.45, 2.75) is 24.2 Å². The van der Waals surface area contributed by atoms with E-state index in [-0.39, 0.29) is 20.0 Å². The third kappa shape index (κ3) is 14.1. The van der Waals surface area contributed by atoms with Gasteiger partial charge in [0.2, 0.25) is 0 Å². The van der Waals surface area contributed by atoms with Gasteiger partial charge in [0, 0.05) is 0 Å². The monoisotopic (exact) mass is 346 g/mol. The van der Waals surface area contributed by atoms with Gasteiger partial charge in [-0.1, -0.05) is 0 Å². The van der Waals surface area contributed by atoms with E-state index in [1.54, 1.807) is 0 Å². The second kappa shape index (κ2) is 13.2. The standard InChI is InChI=1S/C6H9F2O3.C4H9.Sn.2H/c1-9-5-11-3-2-10-4-6(7)8;1-3-4-2;;;/h4H,1-3,5H2;1,3-4H2,2H3;;;. The van der Waals surface area contributed by atoms with Gasteiger partial charge in [0.1, 0.15) is 0 Å².